The number of alkyl halides is 3. The van der Waals surface area contributed by atoms with Crippen molar-refractivity contribution in [1.29, 1.82) is 0 Å². The van der Waals surface area contributed by atoms with Crippen LogP contribution in [0.3, 0.4) is 0 Å². The number of rotatable bonds is 4. The molecular formula is C16H12ClF3O2. The highest BCUT2D eigenvalue weighted by atomic mass is 35.5. The number of halogens is 4. The largest absolute Gasteiger partial charge is 0.489 e. The van der Waals surface area contributed by atoms with Crippen LogP contribution in [0.1, 0.15) is 21.5 Å². The summed E-state index contributed by atoms with van der Waals surface area (Å²) in [4.78, 5) is 11.3. The zero-order valence-electron chi connectivity index (χ0n) is 11.6. The van der Waals surface area contributed by atoms with Crippen molar-refractivity contribution in [2.75, 3.05) is 0 Å². The second-order valence-electron chi connectivity index (χ2n) is 4.70. The van der Waals surface area contributed by atoms with E-state index < -0.39 is 17.5 Å². The molecular weight excluding hydrogens is 317 g/mol. The molecule has 0 aliphatic heterocycles. The number of hydrogen-bond donors (Lipinski definition) is 0. The Morgan fingerprint density at radius 3 is 2.41 bits per heavy atom. The van der Waals surface area contributed by atoms with Gasteiger partial charge in [0.1, 0.15) is 12.4 Å². The molecule has 2 aromatic rings. The number of carbonyl (C=O) groups excluding carboxylic acids is 1. The summed E-state index contributed by atoms with van der Waals surface area (Å²) in [5, 5.41) is -0.281. The lowest BCUT2D eigenvalue weighted by molar-refractivity contribution is -0.0885. The molecule has 0 aliphatic rings. The Morgan fingerprint density at radius 2 is 1.82 bits per heavy atom. The van der Waals surface area contributed by atoms with Gasteiger partial charge in [0.15, 0.2) is 0 Å². The van der Waals surface area contributed by atoms with E-state index in [0.29, 0.717) is 11.3 Å². The maximum Gasteiger partial charge on any atom is 0.454 e. The van der Waals surface area contributed by atoms with Crippen molar-refractivity contribution in [3.05, 3.63) is 64.2 Å². The van der Waals surface area contributed by atoms with Gasteiger partial charge in [-0.25, -0.2) is 0 Å². The number of aryl methyl sites for hydroxylation is 1. The summed E-state index contributed by atoms with van der Waals surface area (Å²) in [6.45, 7) is 1.81. The highest BCUT2D eigenvalue weighted by Gasteiger charge is 2.40. The predicted octanol–water partition coefficient (Wildman–Crippen LogP) is 4.97. The maximum atomic E-state index is 12.5. The first-order chi connectivity index (χ1) is 10.3. The fraction of sp³-hybridized carbons (Fsp3) is 0.188. The summed E-state index contributed by atoms with van der Waals surface area (Å²) in [6, 6.07) is 11.6. The van der Waals surface area contributed by atoms with Gasteiger partial charge in [-0.05, 0) is 30.2 Å². The van der Waals surface area contributed by atoms with E-state index in [2.05, 4.69) is 0 Å². The van der Waals surface area contributed by atoms with E-state index >= 15 is 0 Å². The van der Waals surface area contributed by atoms with Crippen molar-refractivity contribution >= 4 is 17.4 Å². The molecule has 0 aliphatic carbocycles. The highest BCUT2D eigenvalue weighted by molar-refractivity contribution is 6.34. The summed E-state index contributed by atoms with van der Waals surface area (Å²) in [5.41, 5.74) is 0.750. The molecule has 0 aromatic heterocycles. The van der Waals surface area contributed by atoms with Gasteiger partial charge in [-0.15, -0.1) is 0 Å². The number of ether oxygens (including phenoxy) is 1. The van der Waals surface area contributed by atoms with Gasteiger partial charge in [0.25, 0.3) is 5.78 Å². The Hall–Kier alpha value is -2.01. The topological polar surface area (TPSA) is 26.3 Å². The number of carbonyl (C=O) groups is 1. The molecule has 0 saturated carbocycles. The Balaban J connectivity index is 2.22. The van der Waals surface area contributed by atoms with E-state index in [0.717, 1.165) is 11.6 Å². The second-order valence-corrected chi connectivity index (χ2v) is 5.11. The molecule has 0 saturated heterocycles. The summed E-state index contributed by atoms with van der Waals surface area (Å²) in [5.74, 6) is -1.62. The van der Waals surface area contributed by atoms with E-state index in [9.17, 15) is 18.0 Å². The van der Waals surface area contributed by atoms with Crippen molar-refractivity contribution in [1.82, 2.24) is 0 Å². The molecule has 0 unspecified atom stereocenters. The van der Waals surface area contributed by atoms with Gasteiger partial charge in [-0.2, -0.15) is 13.2 Å². The molecule has 0 N–H and O–H groups in total. The molecule has 2 nitrogen and oxygen atoms in total. The average Bonchev–Trinajstić information content (AvgIpc) is 2.47. The molecule has 0 fully saturated rings. The summed E-state index contributed by atoms with van der Waals surface area (Å²) >= 11 is 5.78. The second kappa shape index (κ2) is 6.40. The Bertz CT molecular complexity index is 682. The SMILES string of the molecule is Cc1cc(C(=O)C(F)(F)F)c(Cl)cc1OCc1ccccc1. The molecule has 0 atom stereocenters. The lowest BCUT2D eigenvalue weighted by Crippen LogP contribution is -2.23. The molecule has 0 radical (unpaired) electrons. The number of ketones is 1. The van der Waals surface area contributed by atoms with Gasteiger partial charge >= 0.3 is 6.18 Å². The smallest absolute Gasteiger partial charge is 0.454 e. The zero-order chi connectivity index (χ0) is 16.3. The molecule has 6 heteroatoms. The quantitative estimate of drug-likeness (QED) is 0.740. The minimum Gasteiger partial charge on any atom is -0.489 e. The Labute approximate surface area is 130 Å². The van der Waals surface area contributed by atoms with Crippen LogP contribution < -0.4 is 4.74 Å². The van der Waals surface area contributed by atoms with E-state index in [1.165, 1.54) is 6.07 Å². The number of benzene rings is 2. The first-order valence-electron chi connectivity index (χ1n) is 6.37. The predicted molar refractivity (Wildman–Crippen MR) is 77.3 cm³/mol. The van der Waals surface area contributed by atoms with Gasteiger partial charge in [-0.1, -0.05) is 41.9 Å². The van der Waals surface area contributed by atoms with Crippen molar-refractivity contribution in [2.45, 2.75) is 19.7 Å². The average molecular weight is 329 g/mol. The van der Waals surface area contributed by atoms with Crippen LogP contribution in [-0.2, 0) is 6.61 Å². The van der Waals surface area contributed by atoms with Crippen LogP contribution in [0.4, 0.5) is 13.2 Å². The molecule has 0 heterocycles. The van der Waals surface area contributed by atoms with E-state index in [-0.39, 0.29) is 11.6 Å². The fourth-order valence-corrected chi connectivity index (χ4v) is 2.12. The minimum atomic E-state index is -4.96. The van der Waals surface area contributed by atoms with E-state index in [1.54, 1.807) is 6.92 Å². The lowest BCUT2D eigenvalue weighted by Gasteiger charge is -2.13. The highest BCUT2D eigenvalue weighted by Crippen LogP contribution is 2.31. The van der Waals surface area contributed by atoms with Crippen LogP contribution in [0.2, 0.25) is 5.02 Å². The first-order valence-corrected chi connectivity index (χ1v) is 6.75. The van der Waals surface area contributed by atoms with Crippen LogP contribution in [0.15, 0.2) is 42.5 Å². The third-order valence-corrected chi connectivity index (χ3v) is 3.32. The van der Waals surface area contributed by atoms with Crippen molar-refractivity contribution in [3.63, 3.8) is 0 Å². The molecule has 0 bridgehead atoms. The third-order valence-electron chi connectivity index (χ3n) is 3.00. The summed E-state index contributed by atoms with van der Waals surface area (Å²) in [6.07, 6.45) is -4.96. The van der Waals surface area contributed by atoms with Crippen LogP contribution in [0.25, 0.3) is 0 Å². The van der Waals surface area contributed by atoms with Gasteiger partial charge in [0, 0.05) is 5.56 Å². The van der Waals surface area contributed by atoms with Gasteiger partial charge in [0.05, 0.1) is 5.02 Å². The van der Waals surface area contributed by atoms with E-state index in [1.807, 2.05) is 30.3 Å². The summed E-state index contributed by atoms with van der Waals surface area (Å²) < 4.78 is 43.0. The van der Waals surface area contributed by atoms with Gasteiger partial charge < -0.3 is 4.74 Å². The minimum absolute atomic E-state index is 0.255. The van der Waals surface area contributed by atoms with Gasteiger partial charge in [0.2, 0.25) is 0 Å². The van der Waals surface area contributed by atoms with Crippen molar-refractivity contribution < 1.29 is 22.7 Å². The van der Waals surface area contributed by atoms with Crippen LogP contribution in [-0.4, -0.2) is 12.0 Å². The third kappa shape index (κ3) is 3.80. The van der Waals surface area contributed by atoms with Crippen molar-refractivity contribution in [2.24, 2.45) is 0 Å². The van der Waals surface area contributed by atoms with Crippen LogP contribution >= 0.6 is 11.6 Å². The molecule has 116 valence electrons. The van der Waals surface area contributed by atoms with E-state index in [4.69, 9.17) is 16.3 Å². The maximum absolute atomic E-state index is 12.5. The Morgan fingerprint density at radius 1 is 1.18 bits per heavy atom. The standard InChI is InChI=1S/C16H12ClF3O2/c1-10-7-12(15(21)16(18,19)20)13(17)8-14(10)22-9-11-5-3-2-4-6-11/h2-8H,9H2,1H3. The number of hydrogen-bond acceptors (Lipinski definition) is 2. The molecule has 22 heavy (non-hydrogen) atoms. The first kappa shape index (κ1) is 16.4. The number of Topliss-reactive ketones (excluding diaryl/α,β-unsaturated/α-hetero) is 1. The molecule has 2 rings (SSSR count). The molecule has 2 aromatic carbocycles. The van der Waals surface area contributed by atoms with Gasteiger partial charge in [-0.3, -0.25) is 4.79 Å². The zero-order valence-corrected chi connectivity index (χ0v) is 12.3. The van der Waals surface area contributed by atoms with Crippen molar-refractivity contribution in [3.8, 4) is 5.75 Å². The Kier molecular flexibility index (Phi) is 4.76. The molecule has 0 amide bonds. The molecule has 0 spiro atoms. The lowest BCUT2D eigenvalue weighted by atomic mass is 10.1. The van der Waals surface area contributed by atoms with Crippen LogP contribution in [0, 0.1) is 6.92 Å². The fourth-order valence-electron chi connectivity index (χ4n) is 1.88. The monoisotopic (exact) mass is 328 g/mol. The normalized spacial score (nSPS) is 11.3. The summed E-state index contributed by atoms with van der Waals surface area (Å²) in [7, 11) is 0. The van der Waals surface area contributed by atoms with Crippen LogP contribution in [0.5, 0.6) is 5.75 Å².